The number of rotatable bonds is 11. The lowest BCUT2D eigenvalue weighted by molar-refractivity contribution is -0.277. The fourth-order valence-corrected chi connectivity index (χ4v) is 4.74. The van der Waals surface area contributed by atoms with Crippen molar-refractivity contribution in [3.8, 4) is 23.0 Å². The van der Waals surface area contributed by atoms with Crippen LogP contribution in [0.1, 0.15) is 15.9 Å². The van der Waals surface area contributed by atoms with Gasteiger partial charge in [0, 0.05) is 5.56 Å². The van der Waals surface area contributed by atoms with Gasteiger partial charge in [0.15, 0.2) is 11.5 Å². The molecule has 2 aromatic carbocycles. The van der Waals surface area contributed by atoms with E-state index >= 15 is 0 Å². The molecule has 16 heteroatoms. The van der Waals surface area contributed by atoms with E-state index in [2.05, 4.69) is 0 Å². The Labute approximate surface area is 251 Å². The number of carbonyl (C=O) groups is 1. The van der Waals surface area contributed by atoms with Gasteiger partial charge in [-0.2, -0.15) is 0 Å². The maximum absolute atomic E-state index is 13.4. The molecule has 0 amide bonds. The van der Waals surface area contributed by atoms with E-state index in [1.807, 2.05) is 0 Å². The summed E-state index contributed by atoms with van der Waals surface area (Å²) in [5, 5.41) is 79.9. The minimum atomic E-state index is -1.73. The Morgan fingerprint density at radius 1 is 0.682 bits per heavy atom. The largest absolute Gasteiger partial charge is 0.496 e. The SMILES string of the molecule is COc1ccc(O[C@H]2O[C@@H](CO)[C@H](O)[C@@H](O)[C@@H]2O)c(OC)c1C(=O)OCc1ccccc1O[C@@H]1O[C@H](CO)[C@@H](O)[C@H](O)[C@H]1O. The van der Waals surface area contributed by atoms with Gasteiger partial charge in [-0.3, -0.25) is 0 Å². The van der Waals surface area contributed by atoms with Gasteiger partial charge in [-0.1, -0.05) is 18.2 Å². The molecule has 2 fully saturated rings. The first kappa shape index (κ1) is 33.6. The second-order valence-corrected chi connectivity index (χ2v) is 9.99. The van der Waals surface area contributed by atoms with Crippen LogP contribution in [0.25, 0.3) is 0 Å². The van der Waals surface area contributed by atoms with Crippen LogP contribution in [0, 0.1) is 0 Å². The summed E-state index contributed by atoms with van der Waals surface area (Å²) >= 11 is 0. The van der Waals surface area contributed by atoms with E-state index in [1.165, 1.54) is 32.4 Å². The molecule has 0 aromatic heterocycles. The van der Waals surface area contributed by atoms with Crippen LogP contribution >= 0.6 is 0 Å². The molecule has 4 rings (SSSR count). The zero-order chi connectivity index (χ0) is 32.1. The zero-order valence-electron chi connectivity index (χ0n) is 23.7. The summed E-state index contributed by atoms with van der Waals surface area (Å²) in [6.07, 6.45) is -15.4. The molecule has 0 radical (unpaired) electrons. The maximum atomic E-state index is 13.4. The van der Waals surface area contributed by atoms with Gasteiger partial charge in [0.05, 0.1) is 27.4 Å². The van der Waals surface area contributed by atoms with Crippen LogP contribution in [0.4, 0.5) is 0 Å². The number of ether oxygens (including phenoxy) is 7. The molecule has 244 valence electrons. The van der Waals surface area contributed by atoms with E-state index in [1.54, 1.807) is 18.2 Å². The van der Waals surface area contributed by atoms with Crippen LogP contribution in [-0.2, 0) is 20.8 Å². The monoisotopic (exact) mass is 628 g/mol. The Kier molecular flexibility index (Phi) is 11.2. The second-order valence-electron chi connectivity index (χ2n) is 9.99. The zero-order valence-corrected chi connectivity index (χ0v) is 23.7. The number of esters is 1. The smallest absolute Gasteiger partial charge is 0.346 e. The molecule has 2 aromatic rings. The average Bonchev–Trinajstić information content (AvgIpc) is 3.04. The lowest BCUT2D eigenvalue weighted by Gasteiger charge is -2.39. The summed E-state index contributed by atoms with van der Waals surface area (Å²) in [7, 11) is 2.53. The molecular weight excluding hydrogens is 592 g/mol. The lowest BCUT2D eigenvalue weighted by atomic mass is 9.99. The third-order valence-electron chi connectivity index (χ3n) is 7.23. The van der Waals surface area contributed by atoms with Gasteiger partial charge in [0.1, 0.15) is 72.5 Å². The summed E-state index contributed by atoms with van der Waals surface area (Å²) in [6.45, 7) is -1.70. The quantitative estimate of drug-likeness (QED) is 0.119. The van der Waals surface area contributed by atoms with Crippen LogP contribution in [0.3, 0.4) is 0 Å². The summed E-state index contributed by atoms with van der Waals surface area (Å²) in [4.78, 5) is 13.4. The Hall–Kier alpha value is -3.29. The molecule has 44 heavy (non-hydrogen) atoms. The molecule has 0 bridgehead atoms. The lowest BCUT2D eigenvalue weighted by Crippen LogP contribution is -2.60. The van der Waals surface area contributed by atoms with Gasteiger partial charge in [-0.05, 0) is 18.2 Å². The predicted molar refractivity (Wildman–Crippen MR) is 144 cm³/mol. The van der Waals surface area contributed by atoms with Crippen molar-refractivity contribution < 1.29 is 78.8 Å². The van der Waals surface area contributed by atoms with Crippen molar-refractivity contribution in [2.45, 2.75) is 68.0 Å². The Morgan fingerprint density at radius 2 is 1.20 bits per heavy atom. The fraction of sp³-hybridized carbons (Fsp3) is 0.536. The number of methoxy groups -OCH3 is 2. The molecular formula is C28H36O16. The number of benzene rings is 2. The van der Waals surface area contributed by atoms with Gasteiger partial charge >= 0.3 is 5.97 Å². The number of hydrogen-bond acceptors (Lipinski definition) is 16. The highest BCUT2D eigenvalue weighted by Crippen LogP contribution is 2.40. The third-order valence-corrected chi connectivity index (χ3v) is 7.23. The van der Waals surface area contributed by atoms with Gasteiger partial charge < -0.3 is 74.0 Å². The van der Waals surface area contributed by atoms with Gasteiger partial charge in [0.25, 0.3) is 0 Å². The summed E-state index contributed by atoms with van der Waals surface area (Å²) in [6, 6.07) is 8.96. The van der Waals surface area contributed by atoms with Crippen molar-refractivity contribution in [2.24, 2.45) is 0 Å². The van der Waals surface area contributed by atoms with E-state index in [0.29, 0.717) is 5.56 Å². The number of aliphatic hydroxyl groups excluding tert-OH is 8. The first-order chi connectivity index (χ1) is 21.1. The molecule has 10 atom stereocenters. The van der Waals surface area contributed by atoms with Crippen molar-refractivity contribution in [3.05, 3.63) is 47.5 Å². The highest BCUT2D eigenvalue weighted by molar-refractivity contribution is 5.96. The van der Waals surface area contributed by atoms with Crippen LogP contribution in [0.5, 0.6) is 23.0 Å². The van der Waals surface area contributed by atoms with Crippen LogP contribution < -0.4 is 18.9 Å². The maximum Gasteiger partial charge on any atom is 0.346 e. The minimum absolute atomic E-state index is 0.0267. The van der Waals surface area contributed by atoms with E-state index in [9.17, 15) is 45.6 Å². The minimum Gasteiger partial charge on any atom is -0.496 e. The Balaban J connectivity index is 1.53. The molecule has 2 heterocycles. The van der Waals surface area contributed by atoms with Crippen molar-refractivity contribution in [1.82, 2.24) is 0 Å². The molecule has 2 saturated heterocycles. The highest BCUT2D eigenvalue weighted by atomic mass is 16.7. The van der Waals surface area contributed by atoms with Crippen LogP contribution in [0.2, 0.25) is 0 Å². The van der Waals surface area contributed by atoms with E-state index in [-0.39, 0.29) is 35.2 Å². The van der Waals surface area contributed by atoms with E-state index in [4.69, 9.17) is 33.2 Å². The second kappa shape index (κ2) is 14.7. The standard InChI is InChI=1S/C28H36O16/c1-38-14-7-8-15(42-28-24(36)22(34)20(32)17(10-30)44-28)25(39-2)18(14)26(37)40-11-12-5-3-4-6-13(12)41-27-23(35)21(33)19(31)16(9-29)43-27/h3-8,16-17,19-24,27-36H,9-11H2,1-2H3/t16-,17+,19-,20+,21+,22-,23-,24+,27-,28+/m1/s1. The van der Waals surface area contributed by atoms with Crippen LogP contribution in [0.15, 0.2) is 36.4 Å². The number of aliphatic hydroxyl groups is 8. The van der Waals surface area contributed by atoms with Gasteiger partial charge in [-0.15, -0.1) is 0 Å². The highest BCUT2D eigenvalue weighted by Gasteiger charge is 2.46. The molecule has 0 saturated carbocycles. The summed E-state index contributed by atoms with van der Waals surface area (Å²) in [5.74, 6) is -1.13. The third kappa shape index (κ3) is 6.84. The van der Waals surface area contributed by atoms with Crippen molar-refractivity contribution >= 4 is 5.97 Å². The van der Waals surface area contributed by atoms with Crippen molar-refractivity contribution in [1.29, 1.82) is 0 Å². The molecule has 8 N–H and O–H groups in total. The summed E-state index contributed by atoms with van der Waals surface area (Å²) < 4.78 is 38.4. The predicted octanol–water partition coefficient (Wildman–Crippen LogP) is -2.58. The summed E-state index contributed by atoms with van der Waals surface area (Å²) in [5.41, 5.74) is 0.0916. The molecule has 0 aliphatic carbocycles. The number of hydrogen-bond donors (Lipinski definition) is 8. The number of carbonyl (C=O) groups excluding carboxylic acids is 1. The molecule has 2 aliphatic heterocycles. The topological polar surface area (TPSA) is 244 Å². The first-order valence-corrected chi connectivity index (χ1v) is 13.5. The van der Waals surface area contributed by atoms with Crippen molar-refractivity contribution in [2.75, 3.05) is 27.4 Å². The Morgan fingerprint density at radius 3 is 1.73 bits per heavy atom. The molecule has 0 spiro atoms. The average molecular weight is 629 g/mol. The van der Waals surface area contributed by atoms with Crippen molar-refractivity contribution in [3.63, 3.8) is 0 Å². The first-order valence-electron chi connectivity index (χ1n) is 13.5. The normalized spacial score (nSPS) is 32.0. The van der Waals surface area contributed by atoms with Gasteiger partial charge in [0.2, 0.25) is 12.6 Å². The van der Waals surface area contributed by atoms with Gasteiger partial charge in [-0.25, -0.2) is 4.79 Å². The molecule has 0 unspecified atom stereocenters. The van der Waals surface area contributed by atoms with Crippen LogP contribution in [-0.4, -0.2) is 136 Å². The van der Waals surface area contributed by atoms with E-state index < -0.39 is 80.6 Å². The fourth-order valence-electron chi connectivity index (χ4n) is 4.74. The Bertz CT molecular complexity index is 1250. The molecule has 16 nitrogen and oxygen atoms in total. The molecule has 2 aliphatic rings. The number of para-hydroxylation sites is 1. The van der Waals surface area contributed by atoms with E-state index in [0.717, 1.165) is 0 Å².